The van der Waals surface area contributed by atoms with Crippen molar-refractivity contribution in [2.45, 2.75) is 13.0 Å². The molecule has 0 fully saturated rings. The number of carboxylic acids is 2. The van der Waals surface area contributed by atoms with E-state index in [1.54, 1.807) is 0 Å². The van der Waals surface area contributed by atoms with Gasteiger partial charge in [0.1, 0.15) is 0 Å². The summed E-state index contributed by atoms with van der Waals surface area (Å²) in [6, 6.07) is 0. The summed E-state index contributed by atoms with van der Waals surface area (Å²) in [4.78, 5) is 18.5. The van der Waals surface area contributed by atoms with Gasteiger partial charge in [0.05, 0.1) is 12.7 Å². The quantitative estimate of drug-likeness (QED) is 0.492. The average molecular weight is 220 g/mol. The molecule has 0 heterocycles. The van der Waals surface area contributed by atoms with Crippen LogP contribution < -0.4 is 0 Å². The van der Waals surface area contributed by atoms with Gasteiger partial charge in [-0.15, -0.1) is 0 Å². The fourth-order valence-electron chi connectivity index (χ4n) is 0. The third kappa shape index (κ3) is 70.0. The SMILES string of the molecule is C=CC(=O)O.C=CC(=O)O.CC(O)CO. The second-order valence-electron chi connectivity index (χ2n) is 2.12. The van der Waals surface area contributed by atoms with Crippen molar-refractivity contribution in [3.8, 4) is 0 Å². The Labute approximate surface area is 87.8 Å². The summed E-state index contributed by atoms with van der Waals surface area (Å²) in [5.41, 5.74) is 0. The molecule has 6 nitrogen and oxygen atoms in total. The van der Waals surface area contributed by atoms with Crippen molar-refractivity contribution in [3.63, 3.8) is 0 Å². The lowest BCUT2D eigenvalue weighted by atomic mass is 10.5. The lowest BCUT2D eigenvalue weighted by Crippen LogP contribution is -2.03. The highest BCUT2D eigenvalue weighted by atomic mass is 16.4. The number of rotatable bonds is 3. The number of aliphatic hydroxyl groups excluding tert-OH is 2. The van der Waals surface area contributed by atoms with Gasteiger partial charge >= 0.3 is 11.9 Å². The first-order valence-electron chi connectivity index (χ1n) is 3.81. The first-order valence-corrected chi connectivity index (χ1v) is 3.81. The maximum absolute atomic E-state index is 9.25. The van der Waals surface area contributed by atoms with Crippen LogP contribution in [0.4, 0.5) is 0 Å². The van der Waals surface area contributed by atoms with Crippen molar-refractivity contribution in [1.82, 2.24) is 0 Å². The van der Waals surface area contributed by atoms with Crippen LogP contribution in [0.1, 0.15) is 6.92 Å². The van der Waals surface area contributed by atoms with E-state index in [4.69, 9.17) is 20.4 Å². The smallest absolute Gasteiger partial charge is 0.327 e. The summed E-state index contributed by atoms with van der Waals surface area (Å²) >= 11 is 0. The first kappa shape index (κ1) is 19.0. The summed E-state index contributed by atoms with van der Waals surface area (Å²) in [5, 5.41) is 31.2. The molecule has 1 unspecified atom stereocenters. The van der Waals surface area contributed by atoms with Gasteiger partial charge in [-0.05, 0) is 6.92 Å². The molecule has 0 bridgehead atoms. The Balaban J connectivity index is -0.000000144. The zero-order valence-electron chi connectivity index (χ0n) is 8.46. The van der Waals surface area contributed by atoms with Gasteiger partial charge in [0.15, 0.2) is 0 Å². The predicted octanol–water partition coefficient (Wildman–Crippen LogP) is -0.127. The molecule has 0 saturated carbocycles. The summed E-state index contributed by atoms with van der Waals surface area (Å²) in [6.45, 7) is 7.31. The van der Waals surface area contributed by atoms with Crippen molar-refractivity contribution >= 4 is 11.9 Å². The first-order chi connectivity index (χ1) is 6.81. The van der Waals surface area contributed by atoms with Crippen LogP contribution in [-0.2, 0) is 9.59 Å². The molecule has 0 amide bonds. The molecule has 15 heavy (non-hydrogen) atoms. The summed E-state index contributed by atoms with van der Waals surface area (Å²) < 4.78 is 0. The minimum Gasteiger partial charge on any atom is -0.478 e. The fourth-order valence-corrected chi connectivity index (χ4v) is 0. The fraction of sp³-hybridized carbons (Fsp3) is 0.333. The standard InChI is InChI=1S/C3H8O2.2C3H4O2/c1-3(5)2-4;2*1-2-3(4)5/h3-5H,2H2,1H3;2*2H,1H2,(H,4,5). The van der Waals surface area contributed by atoms with Crippen molar-refractivity contribution in [2.75, 3.05) is 6.61 Å². The van der Waals surface area contributed by atoms with E-state index in [2.05, 4.69) is 13.2 Å². The lowest BCUT2D eigenvalue weighted by Gasteiger charge is -1.90. The molecular formula is C9H16O6. The molecule has 0 aliphatic carbocycles. The predicted molar refractivity (Wildman–Crippen MR) is 54.4 cm³/mol. The third-order valence-corrected chi connectivity index (χ3v) is 0.613. The molecule has 0 aromatic rings. The van der Waals surface area contributed by atoms with E-state index < -0.39 is 18.0 Å². The molecule has 0 aromatic heterocycles. The van der Waals surface area contributed by atoms with Gasteiger partial charge in [-0.25, -0.2) is 9.59 Å². The number of carboxylic acid groups (broad SMARTS) is 2. The highest BCUT2D eigenvalue weighted by molar-refractivity contribution is 5.79. The number of hydrogen-bond donors (Lipinski definition) is 4. The van der Waals surface area contributed by atoms with Gasteiger partial charge in [0.25, 0.3) is 0 Å². The Kier molecular flexibility index (Phi) is 18.8. The molecule has 0 aliphatic rings. The molecule has 0 radical (unpaired) electrons. The van der Waals surface area contributed by atoms with Crippen LogP contribution >= 0.6 is 0 Å². The molecule has 0 saturated heterocycles. The Hall–Kier alpha value is -1.66. The third-order valence-electron chi connectivity index (χ3n) is 0.613. The summed E-state index contributed by atoms with van der Waals surface area (Å²) in [5.74, 6) is -1.96. The molecule has 0 aliphatic heterocycles. The van der Waals surface area contributed by atoms with Crippen LogP contribution in [-0.4, -0.2) is 45.1 Å². The molecule has 6 heteroatoms. The van der Waals surface area contributed by atoms with Gasteiger partial charge in [-0.1, -0.05) is 13.2 Å². The van der Waals surface area contributed by atoms with E-state index >= 15 is 0 Å². The minimum absolute atomic E-state index is 0.139. The van der Waals surface area contributed by atoms with E-state index in [9.17, 15) is 9.59 Å². The molecule has 0 rings (SSSR count). The number of aliphatic hydroxyl groups is 2. The van der Waals surface area contributed by atoms with Gasteiger partial charge in [-0.2, -0.15) is 0 Å². The normalized spacial score (nSPS) is 9.27. The van der Waals surface area contributed by atoms with Gasteiger partial charge in [0.2, 0.25) is 0 Å². The van der Waals surface area contributed by atoms with Crippen LogP contribution in [0, 0.1) is 0 Å². The van der Waals surface area contributed by atoms with Crippen molar-refractivity contribution in [1.29, 1.82) is 0 Å². The zero-order chi connectivity index (χ0) is 12.9. The average Bonchev–Trinajstić information content (AvgIpc) is 2.19. The van der Waals surface area contributed by atoms with Crippen LogP contribution in [0.25, 0.3) is 0 Å². The Bertz CT molecular complexity index is 179. The highest BCUT2D eigenvalue weighted by Gasteiger charge is 1.83. The molecule has 1 atom stereocenters. The van der Waals surface area contributed by atoms with E-state index in [1.165, 1.54) is 6.92 Å². The van der Waals surface area contributed by atoms with Crippen LogP contribution in [0.2, 0.25) is 0 Å². The molecule has 88 valence electrons. The van der Waals surface area contributed by atoms with Crippen molar-refractivity contribution in [3.05, 3.63) is 25.3 Å². The Morgan fingerprint density at radius 2 is 1.33 bits per heavy atom. The van der Waals surface area contributed by atoms with Crippen LogP contribution in [0.3, 0.4) is 0 Å². The maximum Gasteiger partial charge on any atom is 0.327 e. The maximum atomic E-state index is 9.25. The second kappa shape index (κ2) is 14.8. The van der Waals surface area contributed by atoms with E-state index in [-0.39, 0.29) is 6.61 Å². The van der Waals surface area contributed by atoms with Crippen molar-refractivity contribution in [2.24, 2.45) is 0 Å². The number of hydrogen-bond acceptors (Lipinski definition) is 4. The molecule has 0 spiro atoms. The zero-order valence-corrected chi connectivity index (χ0v) is 8.46. The topological polar surface area (TPSA) is 115 Å². The van der Waals surface area contributed by atoms with Gasteiger partial charge in [-0.3, -0.25) is 0 Å². The molecule has 0 aromatic carbocycles. The van der Waals surface area contributed by atoms with Crippen LogP contribution in [0.15, 0.2) is 25.3 Å². The summed E-state index contributed by atoms with van der Waals surface area (Å²) in [7, 11) is 0. The van der Waals surface area contributed by atoms with E-state index in [0.717, 1.165) is 12.2 Å². The summed E-state index contributed by atoms with van der Waals surface area (Å²) in [6.07, 6.45) is 1.11. The van der Waals surface area contributed by atoms with E-state index in [1.807, 2.05) is 0 Å². The highest BCUT2D eigenvalue weighted by Crippen LogP contribution is 1.68. The Morgan fingerprint density at radius 3 is 1.33 bits per heavy atom. The second-order valence-corrected chi connectivity index (χ2v) is 2.12. The largest absolute Gasteiger partial charge is 0.478 e. The minimum atomic E-state index is -0.981. The molecule has 4 N–H and O–H groups in total. The van der Waals surface area contributed by atoms with Gasteiger partial charge in [0, 0.05) is 12.2 Å². The molecular weight excluding hydrogens is 204 g/mol. The lowest BCUT2D eigenvalue weighted by molar-refractivity contribution is -0.132. The van der Waals surface area contributed by atoms with Crippen LogP contribution in [0.5, 0.6) is 0 Å². The van der Waals surface area contributed by atoms with Gasteiger partial charge < -0.3 is 20.4 Å². The van der Waals surface area contributed by atoms with E-state index in [0.29, 0.717) is 0 Å². The Morgan fingerprint density at radius 1 is 1.20 bits per heavy atom. The monoisotopic (exact) mass is 220 g/mol. The number of carbonyl (C=O) groups is 2. The number of aliphatic carboxylic acids is 2. The van der Waals surface area contributed by atoms with Crippen molar-refractivity contribution < 1.29 is 30.0 Å².